The van der Waals surface area contributed by atoms with Crippen LogP contribution in [0.15, 0.2) is 41.1 Å². The minimum atomic E-state index is -0.117. The fraction of sp³-hybridized carbons (Fsp3) is 0.444. The van der Waals surface area contributed by atoms with Gasteiger partial charge in [-0.25, -0.2) is 9.50 Å². The van der Waals surface area contributed by atoms with E-state index in [2.05, 4.69) is 23.3 Å². The van der Waals surface area contributed by atoms with Crippen LogP contribution in [-0.4, -0.2) is 48.1 Å². The Kier molecular flexibility index (Phi) is 5.79. The molecule has 4 heterocycles. The van der Waals surface area contributed by atoms with Crippen molar-refractivity contribution < 1.29 is 9.32 Å². The number of aryl methyl sites for hydroxylation is 2. The second-order valence-corrected chi connectivity index (χ2v) is 10.2. The number of aromatic nitrogens is 5. The standard InChI is InChI=1S/C27H31N7O2/c1-16-15-34-24(30-25(16)18-10-11-19(28)13-18)14-22(31-34)23-9-5-6-12-33(23)27(35)21-8-4-3-7-20(21)26-29-17(2)32-36-26/h3-4,7-8,14-15,18-19,23H,5-6,9-13,28H2,1-2H3/t18?,19-,23-/m0/s1. The number of nitrogens with two attached hydrogens (primary N) is 1. The second kappa shape index (κ2) is 9.13. The maximum Gasteiger partial charge on any atom is 0.258 e. The number of rotatable bonds is 4. The van der Waals surface area contributed by atoms with Crippen molar-refractivity contribution in [3.8, 4) is 11.5 Å². The lowest BCUT2D eigenvalue weighted by Gasteiger charge is -2.35. The van der Waals surface area contributed by atoms with Crippen LogP contribution in [0.25, 0.3) is 17.1 Å². The van der Waals surface area contributed by atoms with Crippen molar-refractivity contribution in [2.75, 3.05) is 6.54 Å². The van der Waals surface area contributed by atoms with Gasteiger partial charge in [-0.15, -0.1) is 0 Å². The third-order valence-corrected chi connectivity index (χ3v) is 7.57. The van der Waals surface area contributed by atoms with E-state index in [4.69, 9.17) is 20.3 Å². The van der Waals surface area contributed by atoms with Crippen molar-refractivity contribution in [1.29, 1.82) is 0 Å². The van der Waals surface area contributed by atoms with Crippen molar-refractivity contribution in [3.05, 3.63) is 64.9 Å². The number of nitrogens with zero attached hydrogens (tertiary/aromatic N) is 6. The molecule has 1 aliphatic carbocycles. The first kappa shape index (κ1) is 22.8. The average Bonchev–Trinajstić information content (AvgIpc) is 3.62. The first-order chi connectivity index (χ1) is 17.5. The molecule has 2 aliphatic rings. The summed E-state index contributed by atoms with van der Waals surface area (Å²) >= 11 is 0. The minimum Gasteiger partial charge on any atom is -0.334 e. The SMILES string of the molecule is Cc1noc(-c2ccccc2C(=O)N2CCCC[C@H]2c2cc3nc(C4CC[C@H](N)C4)c(C)cn3n2)n1. The summed E-state index contributed by atoms with van der Waals surface area (Å²) in [6.45, 7) is 4.54. The number of benzene rings is 1. The van der Waals surface area contributed by atoms with Crippen LogP contribution in [0, 0.1) is 13.8 Å². The van der Waals surface area contributed by atoms with Gasteiger partial charge in [0.1, 0.15) is 0 Å². The fourth-order valence-corrected chi connectivity index (χ4v) is 5.78. The summed E-state index contributed by atoms with van der Waals surface area (Å²) in [5.41, 5.74) is 11.3. The smallest absolute Gasteiger partial charge is 0.258 e. The second-order valence-electron chi connectivity index (χ2n) is 10.2. The molecule has 6 rings (SSSR count). The molecule has 1 aromatic carbocycles. The van der Waals surface area contributed by atoms with E-state index in [0.29, 0.717) is 35.3 Å². The minimum absolute atomic E-state index is 0.0482. The van der Waals surface area contributed by atoms with E-state index in [9.17, 15) is 4.79 Å². The summed E-state index contributed by atoms with van der Waals surface area (Å²) in [5.74, 6) is 1.25. The number of hydrogen-bond donors (Lipinski definition) is 1. The maximum atomic E-state index is 13.9. The van der Waals surface area contributed by atoms with Gasteiger partial charge >= 0.3 is 0 Å². The van der Waals surface area contributed by atoms with Gasteiger partial charge in [-0.1, -0.05) is 17.3 Å². The molecule has 1 unspecified atom stereocenters. The van der Waals surface area contributed by atoms with E-state index in [0.717, 1.165) is 61.1 Å². The van der Waals surface area contributed by atoms with E-state index in [1.165, 1.54) is 0 Å². The van der Waals surface area contributed by atoms with Crippen molar-refractivity contribution in [1.82, 2.24) is 29.6 Å². The zero-order valence-electron chi connectivity index (χ0n) is 20.7. The van der Waals surface area contributed by atoms with Gasteiger partial charge in [0, 0.05) is 30.8 Å². The fourth-order valence-electron chi connectivity index (χ4n) is 5.78. The zero-order chi connectivity index (χ0) is 24.8. The Morgan fingerprint density at radius 2 is 1.97 bits per heavy atom. The number of hydrogen-bond acceptors (Lipinski definition) is 7. The van der Waals surface area contributed by atoms with Crippen LogP contribution < -0.4 is 5.73 Å². The lowest BCUT2D eigenvalue weighted by molar-refractivity contribution is 0.0606. The van der Waals surface area contributed by atoms with Gasteiger partial charge < -0.3 is 15.2 Å². The Labute approximate surface area is 209 Å². The molecule has 0 radical (unpaired) electrons. The molecule has 1 saturated heterocycles. The summed E-state index contributed by atoms with van der Waals surface area (Å²) in [4.78, 5) is 25.2. The number of likely N-dealkylation sites (tertiary alicyclic amines) is 1. The Morgan fingerprint density at radius 1 is 1.11 bits per heavy atom. The highest BCUT2D eigenvalue weighted by Crippen LogP contribution is 2.36. The largest absolute Gasteiger partial charge is 0.334 e. The number of piperidine rings is 1. The van der Waals surface area contributed by atoms with Crippen LogP contribution in [0.4, 0.5) is 0 Å². The Hall–Kier alpha value is -3.59. The number of fused-ring (bicyclic) bond motifs is 1. The number of carbonyl (C=O) groups excluding carboxylic acids is 1. The van der Waals surface area contributed by atoms with Crippen LogP contribution in [0.1, 0.15) is 83.6 Å². The van der Waals surface area contributed by atoms with Gasteiger partial charge in [-0.05, 0) is 70.1 Å². The molecule has 36 heavy (non-hydrogen) atoms. The predicted octanol–water partition coefficient (Wildman–Crippen LogP) is 4.36. The van der Waals surface area contributed by atoms with Gasteiger partial charge in [-0.2, -0.15) is 10.1 Å². The van der Waals surface area contributed by atoms with E-state index >= 15 is 0 Å². The predicted molar refractivity (Wildman–Crippen MR) is 134 cm³/mol. The van der Waals surface area contributed by atoms with Crippen LogP contribution >= 0.6 is 0 Å². The number of carbonyl (C=O) groups is 1. The molecule has 0 spiro atoms. The van der Waals surface area contributed by atoms with E-state index in [1.54, 1.807) is 6.92 Å². The first-order valence-electron chi connectivity index (χ1n) is 12.8. The summed E-state index contributed by atoms with van der Waals surface area (Å²) in [5, 5.41) is 8.79. The molecule has 4 aromatic rings. The lowest BCUT2D eigenvalue weighted by atomic mass is 9.97. The maximum absolute atomic E-state index is 13.9. The van der Waals surface area contributed by atoms with E-state index < -0.39 is 0 Å². The summed E-state index contributed by atoms with van der Waals surface area (Å²) in [7, 11) is 0. The summed E-state index contributed by atoms with van der Waals surface area (Å²) in [6.07, 6.45) is 8.04. The Balaban J connectivity index is 1.34. The van der Waals surface area contributed by atoms with Crippen molar-refractivity contribution in [2.45, 2.75) is 70.4 Å². The average molecular weight is 486 g/mol. The molecule has 9 heteroatoms. The van der Waals surface area contributed by atoms with Crippen molar-refractivity contribution in [2.24, 2.45) is 5.73 Å². The molecular weight excluding hydrogens is 454 g/mol. The molecule has 0 bridgehead atoms. The van der Waals surface area contributed by atoms with Crippen LogP contribution in [0.5, 0.6) is 0 Å². The van der Waals surface area contributed by atoms with Crippen molar-refractivity contribution >= 4 is 11.6 Å². The van der Waals surface area contributed by atoms with Crippen molar-refractivity contribution in [3.63, 3.8) is 0 Å². The third-order valence-electron chi connectivity index (χ3n) is 7.57. The third kappa shape index (κ3) is 4.07. The van der Waals surface area contributed by atoms with Crippen LogP contribution in [0.2, 0.25) is 0 Å². The van der Waals surface area contributed by atoms with Gasteiger partial charge in [0.05, 0.1) is 28.6 Å². The highest BCUT2D eigenvalue weighted by molar-refractivity contribution is 6.00. The molecule has 3 atom stereocenters. The van der Waals surface area contributed by atoms with Gasteiger partial charge in [0.25, 0.3) is 11.8 Å². The monoisotopic (exact) mass is 485 g/mol. The Bertz CT molecular complexity index is 1420. The molecule has 3 aromatic heterocycles. The van der Waals surface area contributed by atoms with E-state index in [-0.39, 0.29) is 18.0 Å². The summed E-state index contributed by atoms with van der Waals surface area (Å²) in [6, 6.07) is 9.62. The molecule has 9 nitrogen and oxygen atoms in total. The van der Waals surface area contributed by atoms with E-state index in [1.807, 2.05) is 39.7 Å². The van der Waals surface area contributed by atoms with Gasteiger partial charge in [0.2, 0.25) is 0 Å². The lowest BCUT2D eigenvalue weighted by Crippen LogP contribution is -2.39. The topological polar surface area (TPSA) is 115 Å². The molecule has 1 saturated carbocycles. The molecular formula is C27H31N7O2. The van der Waals surface area contributed by atoms with Crippen LogP contribution in [0.3, 0.4) is 0 Å². The number of amides is 1. The summed E-state index contributed by atoms with van der Waals surface area (Å²) < 4.78 is 7.24. The molecule has 1 amide bonds. The molecule has 2 N–H and O–H groups in total. The highest BCUT2D eigenvalue weighted by Gasteiger charge is 2.33. The zero-order valence-corrected chi connectivity index (χ0v) is 20.7. The molecule has 1 aliphatic heterocycles. The Morgan fingerprint density at radius 3 is 2.75 bits per heavy atom. The normalized spacial score (nSPS) is 22.4. The van der Waals surface area contributed by atoms with Gasteiger partial charge in [0.15, 0.2) is 11.5 Å². The first-order valence-corrected chi connectivity index (χ1v) is 12.8. The molecule has 186 valence electrons. The van der Waals surface area contributed by atoms with Crippen LogP contribution in [-0.2, 0) is 0 Å². The highest BCUT2D eigenvalue weighted by atomic mass is 16.5. The quantitative estimate of drug-likeness (QED) is 0.457. The molecule has 2 fully saturated rings. The van der Waals surface area contributed by atoms with Gasteiger partial charge in [-0.3, -0.25) is 4.79 Å².